The quantitative estimate of drug-likeness (QED) is 0.826. The van der Waals surface area contributed by atoms with Gasteiger partial charge >= 0.3 is 0 Å². The number of unbranched alkanes of at least 4 members (excludes halogenated alkanes) is 1. The van der Waals surface area contributed by atoms with Gasteiger partial charge in [0.25, 0.3) is 0 Å². The molecule has 2 aromatic rings. The van der Waals surface area contributed by atoms with Gasteiger partial charge in [-0.15, -0.1) is 0 Å². The summed E-state index contributed by atoms with van der Waals surface area (Å²) in [5.41, 5.74) is 1.56. The second-order valence-electron chi connectivity index (χ2n) is 4.15. The lowest BCUT2D eigenvalue weighted by Crippen LogP contribution is -1.96. The van der Waals surface area contributed by atoms with E-state index in [0.717, 1.165) is 24.9 Å². The van der Waals surface area contributed by atoms with E-state index < -0.39 is 0 Å². The minimum atomic E-state index is -0.385. The van der Waals surface area contributed by atoms with Crippen molar-refractivity contribution in [3.8, 4) is 17.2 Å². The number of aromatic nitrogens is 2. The first-order valence-electron chi connectivity index (χ1n) is 5.97. The van der Waals surface area contributed by atoms with Crippen LogP contribution < -0.4 is 0 Å². The molecule has 3 nitrogen and oxygen atoms in total. The van der Waals surface area contributed by atoms with Gasteiger partial charge in [0, 0.05) is 23.9 Å². The average molecular weight is 243 g/mol. The molecule has 0 aliphatic rings. The molecular weight excluding hydrogens is 229 g/mol. The fourth-order valence-corrected chi connectivity index (χ4v) is 1.76. The molecule has 0 atom stereocenters. The lowest BCUT2D eigenvalue weighted by molar-refractivity contribution is 0.572. The molecule has 92 valence electrons. The minimum absolute atomic E-state index is 0.328. The van der Waals surface area contributed by atoms with Crippen molar-refractivity contribution in [1.82, 2.24) is 9.78 Å². The van der Waals surface area contributed by atoms with Crippen LogP contribution in [-0.4, -0.2) is 9.78 Å². The van der Waals surface area contributed by atoms with Crippen LogP contribution in [0, 0.1) is 17.1 Å². The molecule has 4 heteroatoms. The summed E-state index contributed by atoms with van der Waals surface area (Å²) in [5.74, 6) is -0.385. The Morgan fingerprint density at radius 1 is 1.44 bits per heavy atom. The van der Waals surface area contributed by atoms with Crippen molar-refractivity contribution in [2.75, 3.05) is 0 Å². The van der Waals surface area contributed by atoms with Crippen molar-refractivity contribution in [1.29, 1.82) is 5.26 Å². The highest BCUT2D eigenvalue weighted by Gasteiger charge is 2.08. The Balaban J connectivity index is 2.26. The van der Waals surface area contributed by atoms with E-state index in [1.165, 1.54) is 6.07 Å². The van der Waals surface area contributed by atoms with Crippen LogP contribution in [0.3, 0.4) is 0 Å². The van der Waals surface area contributed by atoms with Gasteiger partial charge in [-0.2, -0.15) is 10.4 Å². The summed E-state index contributed by atoms with van der Waals surface area (Å²) in [5, 5.41) is 12.9. The van der Waals surface area contributed by atoms with Gasteiger partial charge in [-0.3, -0.25) is 4.68 Å². The van der Waals surface area contributed by atoms with Crippen LogP contribution in [0.5, 0.6) is 0 Å². The maximum absolute atomic E-state index is 13.8. The third kappa shape index (κ3) is 2.57. The first-order valence-corrected chi connectivity index (χ1v) is 5.97. The Kier molecular flexibility index (Phi) is 3.73. The van der Waals surface area contributed by atoms with E-state index in [1.54, 1.807) is 18.3 Å². The van der Waals surface area contributed by atoms with Crippen LogP contribution in [0.2, 0.25) is 0 Å². The van der Waals surface area contributed by atoms with Gasteiger partial charge in [0.05, 0.1) is 17.8 Å². The number of hydrogen-bond donors (Lipinski definition) is 0. The minimum Gasteiger partial charge on any atom is -0.272 e. The second-order valence-corrected chi connectivity index (χ2v) is 4.15. The van der Waals surface area contributed by atoms with Crippen molar-refractivity contribution in [2.45, 2.75) is 26.3 Å². The lowest BCUT2D eigenvalue weighted by Gasteiger charge is -2.00. The first-order chi connectivity index (χ1) is 8.74. The molecule has 0 fully saturated rings. The Hall–Kier alpha value is -2.15. The normalized spacial score (nSPS) is 10.3. The standard InChI is InChI=1S/C14H14FN3/c1-2-3-6-18-10-12(9-17-18)13-5-4-11(8-16)7-14(13)15/h4-5,7,9-10H,2-3,6H2,1H3. The van der Waals surface area contributed by atoms with E-state index >= 15 is 0 Å². The Labute approximate surface area is 105 Å². The van der Waals surface area contributed by atoms with E-state index in [0.29, 0.717) is 11.1 Å². The largest absolute Gasteiger partial charge is 0.272 e. The van der Waals surface area contributed by atoms with Crippen LogP contribution in [0.25, 0.3) is 11.1 Å². The average Bonchev–Trinajstić information content (AvgIpc) is 2.84. The van der Waals surface area contributed by atoms with E-state index in [1.807, 2.05) is 16.9 Å². The second kappa shape index (κ2) is 5.46. The summed E-state index contributed by atoms with van der Waals surface area (Å²) in [7, 11) is 0. The van der Waals surface area contributed by atoms with Gasteiger partial charge in [-0.05, 0) is 18.6 Å². The van der Waals surface area contributed by atoms with Crippen molar-refractivity contribution >= 4 is 0 Å². The van der Waals surface area contributed by atoms with Crippen molar-refractivity contribution in [2.24, 2.45) is 0 Å². The Morgan fingerprint density at radius 2 is 2.28 bits per heavy atom. The third-order valence-corrected chi connectivity index (χ3v) is 2.78. The predicted molar refractivity (Wildman–Crippen MR) is 67.2 cm³/mol. The third-order valence-electron chi connectivity index (χ3n) is 2.78. The Morgan fingerprint density at radius 3 is 2.94 bits per heavy atom. The molecule has 1 heterocycles. The number of rotatable bonds is 4. The highest BCUT2D eigenvalue weighted by atomic mass is 19.1. The summed E-state index contributed by atoms with van der Waals surface area (Å²) in [6, 6.07) is 6.40. The molecule has 18 heavy (non-hydrogen) atoms. The lowest BCUT2D eigenvalue weighted by atomic mass is 10.1. The SMILES string of the molecule is CCCCn1cc(-c2ccc(C#N)cc2F)cn1. The van der Waals surface area contributed by atoms with Gasteiger partial charge in [-0.1, -0.05) is 19.4 Å². The van der Waals surface area contributed by atoms with E-state index in [9.17, 15) is 4.39 Å². The number of aryl methyl sites for hydroxylation is 1. The van der Waals surface area contributed by atoms with E-state index in [2.05, 4.69) is 12.0 Å². The van der Waals surface area contributed by atoms with Gasteiger partial charge in [-0.25, -0.2) is 4.39 Å². The fourth-order valence-electron chi connectivity index (χ4n) is 1.76. The fraction of sp³-hybridized carbons (Fsp3) is 0.286. The maximum Gasteiger partial charge on any atom is 0.132 e. The molecule has 0 aliphatic heterocycles. The predicted octanol–water partition coefficient (Wildman–Crippen LogP) is 3.36. The molecule has 0 radical (unpaired) electrons. The summed E-state index contributed by atoms with van der Waals surface area (Å²) in [6.07, 6.45) is 5.64. The molecule has 0 aliphatic carbocycles. The number of nitriles is 1. The topological polar surface area (TPSA) is 41.6 Å². The summed E-state index contributed by atoms with van der Waals surface area (Å²) in [4.78, 5) is 0. The monoisotopic (exact) mass is 243 g/mol. The van der Waals surface area contributed by atoms with Crippen LogP contribution in [0.1, 0.15) is 25.3 Å². The Bertz CT molecular complexity index is 581. The van der Waals surface area contributed by atoms with Gasteiger partial charge < -0.3 is 0 Å². The molecule has 1 aromatic carbocycles. The molecule has 2 rings (SSSR count). The molecule has 0 saturated carbocycles. The van der Waals surface area contributed by atoms with Crippen LogP contribution >= 0.6 is 0 Å². The van der Waals surface area contributed by atoms with Crippen LogP contribution in [0.15, 0.2) is 30.6 Å². The highest BCUT2D eigenvalue weighted by molar-refractivity contribution is 5.63. The van der Waals surface area contributed by atoms with Crippen molar-refractivity contribution < 1.29 is 4.39 Å². The molecular formula is C14H14FN3. The molecule has 0 spiro atoms. The van der Waals surface area contributed by atoms with Crippen molar-refractivity contribution in [3.05, 3.63) is 42.0 Å². The van der Waals surface area contributed by atoms with Gasteiger partial charge in [0.2, 0.25) is 0 Å². The molecule has 0 amide bonds. The highest BCUT2D eigenvalue weighted by Crippen LogP contribution is 2.23. The maximum atomic E-state index is 13.8. The molecule has 1 aromatic heterocycles. The molecule has 0 saturated heterocycles. The van der Waals surface area contributed by atoms with Crippen LogP contribution in [0.4, 0.5) is 4.39 Å². The van der Waals surface area contributed by atoms with Crippen molar-refractivity contribution in [3.63, 3.8) is 0 Å². The van der Waals surface area contributed by atoms with E-state index in [-0.39, 0.29) is 5.82 Å². The number of benzene rings is 1. The summed E-state index contributed by atoms with van der Waals surface area (Å²) >= 11 is 0. The zero-order chi connectivity index (χ0) is 13.0. The van der Waals surface area contributed by atoms with Gasteiger partial charge in [0.15, 0.2) is 0 Å². The van der Waals surface area contributed by atoms with Crippen LogP contribution in [-0.2, 0) is 6.54 Å². The first kappa shape index (κ1) is 12.3. The smallest absolute Gasteiger partial charge is 0.132 e. The molecule has 0 unspecified atom stereocenters. The summed E-state index contributed by atoms with van der Waals surface area (Å²) < 4.78 is 15.6. The zero-order valence-electron chi connectivity index (χ0n) is 10.2. The molecule has 0 bridgehead atoms. The van der Waals surface area contributed by atoms with Gasteiger partial charge in [0.1, 0.15) is 5.82 Å². The number of halogens is 1. The molecule has 0 N–H and O–H groups in total. The zero-order valence-corrected chi connectivity index (χ0v) is 10.2. The van der Waals surface area contributed by atoms with E-state index in [4.69, 9.17) is 5.26 Å². The summed E-state index contributed by atoms with van der Waals surface area (Å²) in [6.45, 7) is 2.96. The number of hydrogen-bond acceptors (Lipinski definition) is 2. The number of nitrogens with zero attached hydrogens (tertiary/aromatic N) is 3.